The molecular weight excluding hydrogens is 278 g/mol. The first-order valence-corrected chi connectivity index (χ1v) is 9.65. The standard InChI is InChI=1S/C17H25N3S/c1-2-4-15-14(3-1)18-16(21-15)17(19-12-5-6-12)9-10-20(11-17)13-7-8-13/h12-13,19H,1-11H2. The van der Waals surface area contributed by atoms with Gasteiger partial charge in [0.2, 0.25) is 0 Å². The van der Waals surface area contributed by atoms with Gasteiger partial charge < -0.3 is 5.32 Å². The molecule has 0 aromatic carbocycles. The number of hydrogen-bond donors (Lipinski definition) is 1. The number of aromatic nitrogens is 1. The Hall–Kier alpha value is -0.450. The van der Waals surface area contributed by atoms with Crippen LogP contribution in [0.1, 0.15) is 60.5 Å². The molecule has 1 saturated heterocycles. The van der Waals surface area contributed by atoms with Crippen LogP contribution in [-0.4, -0.2) is 35.1 Å². The molecule has 1 aromatic heterocycles. The van der Waals surface area contributed by atoms with Crippen LogP contribution < -0.4 is 5.32 Å². The van der Waals surface area contributed by atoms with Crippen molar-refractivity contribution in [3.05, 3.63) is 15.6 Å². The molecule has 2 heterocycles. The van der Waals surface area contributed by atoms with E-state index >= 15 is 0 Å². The van der Waals surface area contributed by atoms with E-state index < -0.39 is 0 Å². The van der Waals surface area contributed by atoms with Crippen LogP contribution in [0.5, 0.6) is 0 Å². The SMILES string of the molecule is C1CCc2sc(C3(NC4CC4)CCN(C4CC4)C3)nc2C1. The van der Waals surface area contributed by atoms with Crippen LogP contribution in [0.4, 0.5) is 0 Å². The van der Waals surface area contributed by atoms with Crippen LogP contribution in [0.3, 0.4) is 0 Å². The normalized spacial score (nSPS) is 33.3. The molecule has 4 aliphatic rings. The second-order valence-electron chi connectivity index (χ2n) is 7.55. The van der Waals surface area contributed by atoms with E-state index in [2.05, 4.69) is 10.2 Å². The number of aryl methyl sites for hydroxylation is 2. The van der Waals surface area contributed by atoms with Gasteiger partial charge in [-0.05, 0) is 57.8 Å². The van der Waals surface area contributed by atoms with Gasteiger partial charge >= 0.3 is 0 Å². The fourth-order valence-electron chi connectivity index (χ4n) is 4.12. The smallest absolute Gasteiger partial charge is 0.115 e. The minimum Gasteiger partial charge on any atom is -0.301 e. The fourth-order valence-corrected chi connectivity index (χ4v) is 5.44. The molecule has 1 N–H and O–H groups in total. The number of rotatable bonds is 4. The van der Waals surface area contributed by atoms with Gasteiger partial charge in [-0.2, -0.15) is 0 Å². The second-order valence-corrected chi connectivity index (χ2v) is 8.63. The molecule has 4 heteroatoms. The van der Waals surface area contributed by atoms with Crippen molar-refractivity contribution < 1.29 is 0 Å². The quantitative estimate of drug-likeness (QED) is 0.927. The van der Waals surface area contributed by atoms with E-state index in [9.17, 15) is 0 Å². The minimum absolute atomic E-state index is 0.186. The lowest BCUT2D eigenvalue weighted by Crippen LogP contribution is -2.46. The summed E-state index contributed by atoms with van der Waals surface area (Å²) in [6.07, 6.45) is 12.1. The number of likely N-dealkylation sites (tertiary alicyclic amines) is 1. The highest BCUT2D eigenvalue weighted by Gasteiger charge is 2.48. The Kier molecular flexibility index (Phi) is 2.96. The Balaban J connectivity index is 1.47. The van der Waals surface area contributed by atoms with E-state index in [4.69, 9.17) is 4.98 Å². The zero-order chi connectivity index (χ0) is 13.9. The molecule has 1 unspecified atom stereocenters. The lowest BCUT2D eigenvalue weighted by atomic mass is 9.98. The highest BCUT2D eigenvalue weighted by Crippen LogP contribution is 2.43. The largest absolute Gasteiger partial charge is 0.301 e. The maximum absolute atomic E-state index is 5.13. The molecule has 0 bridgehead atoms. The first-order chi connectivity index (χ1) is 10.3. The Morgan fingerprint density at radius 2 is 2.00 bits per heavy atom. The predicted octanol–water partition coefficient (Wildman–Crippen LogP) is 2.84. The molecule has 2 saturated carbocycles. The summed E-state index contributed by atoms with van der Waals surface area (Å²) in [7, 11) is 0. The molecule has 114 valence electrons. The van der Waals surface area contributed by atoms with Crippen LogP contribution in [0.25, 0.3) is 0 Å². The van der Waals surface area contributed by atoms with Gasteiger partial charge in [0.1, 0.15) is 5.01 Å². The monoisotopic (exact) mass is 303 g/mol. The van der Waals surface area contributed by atoms with Gasteiger partial charge in [0.05, 0.1) is 11.2 Å². The van der Waals surface area contributed by atoms with Gasteiger partial charge in [-0.1, -0.05) is 0 Å². The average Bonchev–Trinajstić information content (AvgIpc) is 3.41. The summed E-state index contributed by atoms with van der Waals surface area (Å²) in [5.41, 5.74) is 1.62. The van der Waals surface area contributed by atoms with Crippen molar-refractivity contribution in [3.63, 3.8) is 0 Å². The Morgan fingerprint density at radius 3 is 2.76 bits per heavy atom. The van der Waals surface area contributed by atoms with Gasteiger partial charge in [0.15, 0.2) is 0 Å². The summed E-state index contributed by atoms with van der Waals surface area (Å²) in [6.45, 7) is 2.48. The summed E-state index contributed by atoms with van der Waals surface area (Å²) in [5.74, 6) is 0. The van der Waals surface area contributed by atoms with Crippen LogP contribution >= 0.6 is 11.3 Å². The molecule has 3 fully saturated rings. The third-order valence-corrected chi connectivity index (χ3v) is 7.04. The number of fused-ring (bicyclic) bond motifs is 1. The summed E-state index contributed by atoms with van der Waals surface area (Å²) in [4.78, 5) is 9.46. The third kappa shape index (κ3) is 2.36. The number of nitrogens with one attached hydrogen (secondary N) is 1. The molecule has 5 rings (SSSR count). The molecule has 1 atom stereocenters. The van der Waals surface area contributed by atoms with Crippen molar-refractivity contribution in [1.82, 2.24) is 15.2 Å². The van der Waals surface area contributed by atoms with Crippen LogP contribution in [0.2, 0.25) is 0 Å². The van der Waals surface area contributed by atoms with Crippen molar-refractivity contribution in [2.75, 3.05) is 13.1 Å². The van der Waals surface area contributed by atoms with Crippen molar-refractivity contribution in [3.8, 4) is 0 Å². The molecule has 1 aliphatic heterocycles. The highest BCUT2D eigenvalue weighted by molar-refractivity contribution is 7.11. The molecule has 0 spiro atoms. The Morgan fingerprint density at radius 1 is 1.14 bits per heavy atom. The van der Waals surface area contributed by atoms with Gasteiger partial charge in [-0.3, -0.25) is 4.90 Å². The fraction of sp³-hybridized carbons (Fsp3) is 0.824. The maximum atomic E-state index is 5.13. The molecule has 0 radical (unpaired) electrons. The van der Waals surface area contributed by atoms with Crippen LogP contribution in [0.15, 0.2) is 0 Å². The Labute approximate surface area is 131 Å². The van der Waals surface area contributed by atoms with Crippen LogP contribution in [-0.2, 0) is 18.4 Å². The van der Waals surface area contributed by atoms with E-state index in [1.165, 1.54) is 81.6 Å². The van der Waals surface area contributed by atoms with Gasteiger partial charge in [0, 0.05) is 30.1 Å². The topological polar surface area (TPSA) is 28.2 Å². The van der Waals surface area contributed by atoms with E-state index in [1.54, 1.807) is 4.88 Å². The lowest BCUT2D eigenvalue weighted by molar-refractivity contribution is 0.272. The number of thiazole rings is 1. The predicted molar refractivity (Wildman–Crippen MR) is 85.8 cm³/mol. The lowest BCUT2D eigenvalue weighted by Gasteiger charge is -2.29. The van der Waals surface area contributed by atoms with Crippen molar-refractivity contribution in [1.29, 1.82) is 0 Å². The molecule has 0 amide bonds. The second kappa shape index (κ2) is 4.77. The van der Waals surface area contributed by atoms with E-state index in [0.29, 0.717) is 0 Å². The molecule has 21 heavy (non-hydrogen) atoms. The molecule has 3 nitrogen and oxygen atoms in total. The maximum Gasteiger partial charge on any atom is 0.115 e. The minimum atomic E-state index is 0.186. The summed E-state index contributed by atoms with van der Waals surface area (Å²) in [5, 5.41) is 5.43. The van der Waals surface area contributed by atoms with E-state index in [1.807, 2.05) is 11.3 Å². The van der Waals surface area contributed by atoms with E-state index in [-0.39, 0.29) is 5.54 Å². The summed E-state index contributed by atoms with van der Waals surface area (Å²) >= 11 is 2.04. The van der Waals surface area contributed by atoms with Crippen molar-refractivity contribution >= 4 is 11.3 Å². The Bertz CT molecular complexity index is 523. The van der Waals surface area contributed by atoms with Crippen molar-refractivity contribution in [2.45, 2.75) is 75.4 Å². The summed E-state index contributed by atoms with van der Waals surface area (Å²) < 4.78 is 0. The molecule has 1 aromatic rings. The average molecular weight is 303 g/mol. The first kappa shape index (κ1) is 13.0. The van der Waals surface area contributed by atoms with Gasteiger partial charge in [-0.15, -0.1) is 11.3 Å². The molecular formula is C17H25N3S. The van der Waals surface area contributed by atoms with Gasteiger partial charge in [-0.25, -0.2) is 4.98 Å². The zero-order valence-corrected chi connectivity index (χ0v) is 13.6. The molecule has 3 aliphatic carbocycles. The first-order valence-electron chi connectivity index (χ1n) is 8.83. The summed E-state index contributed by atoms with van der Waals surface area (Å²) in [6, 6.07) is 1.66. The highest BCUT2D eigenvalue weighted by atomic mass is 32.1. The van der Waals surface area contributed by atoms with Crippen LogP contribution in [0, 0.1) is 0 Å². The van der Waals surface area contributed by atoms with E-state index in [0.717, 1.165) is 12.1 Å². The third-order valence-electron chi connectivity index (χ3n) is 5.67. The zero-order valence-electron chi connectivity index (χ0n) is 12.7. The number of nitrogens with zero attached hydrogens (tertiary/aromatic N) is 2. The number of hydrogen-bond acceptors (Lipinski definition) is 4. The van der Waals surface area contributed by atoms with Gasteiger partial charge in [0.25, 0.3) is 0 Å². The van der Waals surface area contributed by atoms with Crippen molar-refractivity contribution in [2.24, 2.45) is 0 Å².